The summed E-state index contributed by atoms with van der Waals surface area (Å²) in [5.74, 6) is 1.15. The van der Waals surface area contributed by atoms with E-state index in [0.717, 1.165) is 28.2 Å². The van der Waals surface area contributed by atoms with Crippen molar-refractivity contribution in [3.05, 3.63) is 59.2 Å². The number of carbonyl (C=O) groups is 2. The number of methoxy groups -OCH3 is 1. The first-order chi connectivity index (χ1) is 14.2. The minimum atomic E-state index is -0.222. The second-order valence-corrected chi connectivity index (χ2v) is 8.26. The molecule has 0 saturated heterocycles. The van der Waals surface area contributed by atoms with Crippen LogP contribution in [0.4, 0.5) is 0 Å². The Labute approximate surface area is 179 Å². The van der Waals surface area contributed by atoms with E-state index >= 15 is 0 Å². The third-order valence-electron chi connectivity index (χ3n) is 4.59. The molecule has 0 unspecified atom stereocenters. The van der Waals surface area contributed by atoms with Crippen molar-refractivity contribution in [1.82, 2.24) is 10.6 Å². The Hall–Kier alpha value is -3.02. The average Bonchev–Trinajstić information content (AvgIpc) is 2.70. The van der Waals surface area contributed by atoms with E-state index in [1.807, 2.05) is 43.3 Å². The summed E-state index contributed by atoms with van der Waals surface area (Å²) < 4.78 is 10.8. The molecule has 0 bridgehead atoms. The van der Waals surface area contributed by atoms with Gasteiger partial charge in [-0.3, -0.25) is 9.59 Å². The number of amides is 2. The predicted octanol–water partition coefficient (Wildman–Crippen LogP) is 3.16. The first-order valence-electron chi connectivity index (χ1n) is 10.1. The summed E-state index contributed by atoms with van der Waals surface area (Å²) in [5.41, 5.74) is 3.05. The SMILES string of the molecule is COc1ccc(CC(=O)NCCNC(=O)COc2ccc(C)cc2C(C)(C)C)cc1. The molecule has 0 fully saturated rings. The molecule has 0 spiro atoms. The van der Waals surface area contributed by atoms with Crippen LogP contribution in [0.3, 0.4) is 0 Å². The van der Waals surface area contributed by atoms with Crippen molar-refractivity contribution in [2.24, 2.45) is 0 Å². The highest BCUT2D eigenvalue weighted by Crippen LogP contribution is 2.32. The molecule has 2 amide bonds. The van der Waals surface area contributed by atoms with Crippen LogP contribution < -0.4 is 20.1 Å². The molecule has 0 atom stereocenters. The van der Waals surface area contributed by atoms with Gasteiger partial charge in [-0.2, -0.15) is 0 Å². The Bertz CT molecular complexity index is 854. The summed E-state index contributed by atoms with van der Waals surface area (Å²) in [6, 6.07) is 13.3. The van der Waals surface area contributed by atoms with Crippen LogP contribution in [0.1, 0.15) is 37.5 Å². The molecular formula is C24H32N2O4. The monoisotopic (exact) mass is 412 g/mol. The fraction of sp³-hybridized carbons (Fsp3) is 0.417. The maximum absolute atomic E-state index is 12.1. The number of benzene rings is 2. The molecule has 2 rings (SSSR count). The summed E-state index contributed by atoms with van der Waals surface area (Å²) in [5, 5.41) is 5.56. The Balaban J connectivity index is 1.71. The Kier molecular flexibility index (Phi) is 8.27. The van der Waals surface area contributed by atoms with Crippen molar-refractivity contribution < 1.29 is 19.1 Å². The van der Waals surface area contributed by atoms with E-state index in [0.29, 0.717) is 13.1 Å². The van der Waals surface area contributed by atoms with Gasteiger partial charge in [0.1, 0.15) is 11.5 Å². The molecule has 0 saturated carbocycles. The Morgan fingerprint density at radius 3 is 2.17 bits per heavy atom. The molecule has 2 aromatic rings. The average molecular weight is 413 g/mol. The molecule has 162 valence electrons. The smallest absolute Gasteiger partial charge is 0.258 e. The van der Waals surface area contributed by atoms with Gasteiger partial charge in [-0.25, -0.2) is 0 Å². The topological polar surface area (TPSA) is 76.7 Å². The molecule has 0 aliphatic carbocycles. The van der Waals surface area contributed by atoms with Crippen molar-refractivity contribution in [3.8, 4) is 11.5 Å². The minimum absolute atomic E-state index is 0.0636. The van der Waals surface area contributed by atoms with Crippen molar-refractivity contribution >= 4 is 11.8 Å². The zero-order valence-electron chi connectivity index (χ0n) is 18.5. The zero-order chi connectivity index (χ0) is 22.1. The number of ether oxygens (including phenoxy) is 2. The molecule has 6 nitrogen and oxygen atoms in total. The molecule has 30 heavy (non-hydrogen) atoms. The highest BCUT2D eigenvalue weighted by atomic mass is 16.5. The summed E-state index contributed by atoms with van der Waals surface area (Å²) in [6.07, 6.45) is 0.282. The molecule has 0 radical (unpaired) electrons. The summed E-state index contributed by atoms with van der Waals surface area (Å²) >= 11 is 0. The highest BCUT2D eigenvalue weighted by molar-refractivity contribution is 5.79. The standard InChI is InChI=1S/C24H32N2O4/c1-17-6-11-21(20(14-17)24(2,3)4)30-16-23(28)26-13-12-25-22(27)15-18-7-9-19(29-5)10-8-18/h6-11,14H,12-13,15-16H2,1-5H3,(H,25,27)(H,26,28). The van der Waals surface area contributed by atoms with E-state index in [-0.39, 0.29) is 30.3 Å². The summed E-state index contributed by atoms with van der Waals surface area (Å²) in [7, 11) is 1.60. The first-order valence-corrected chi connectivity index (χ1v) is 10.1. The van der Waals surface area contributed by atoms with Gasteiger partial charge in [-0.1, -0.05) is 50.6 Å². The molecule has 0 aliphatic heterocycles. The fourth-order valence-corrected chi connectivity index (χ4v) is 2.95. The lowest BCUT2D eigenvalue weighted by atomic mass is 9.85. The van der Waals surface area contributed by atoms with Gasteiger partial charge in [0.05, 0.1) is 13.5 Å². The van der Waals surface area contributed by atoms with E-state index < -0.39 is 0 Å². The van der Waals surface area contributed by atoms with Gasteiger partial charge in [-0.15, -0.1) is 0 Å². The minimum Gasteiger partial charge on any atom is -0.497 e. The molecular weight excluding hydrogens is 380 g/mol. The third-order valence-corrected chi connectivity index (χ3v) is 4.59. The van der Waals surface area contributed by atoms with Gasteiger partial charge in [0.25, 0.3) is 5.91 Å². The van der Waals surface area contributed by atoms with E-state index in [9.17, 15) is 9.59 Å². The van der Waals surface area contributed by atoms with Crippen molar-refractivity contribution in [1.29, 1.82) is 0 Å². The Morgan fingerprint density at radius 1 is 0.933 bits per heavy atom. The van der Waals surface area contributed by atoms with Crippen molar-refractivity contribution in [2.45, 2.75) is 39.5 Å². The molecule has 6 heteroatoms. The van der Waals surface area contributed by atoms with Gasteiger partial charge in [0.2, 0.25) is 5.91 Å². The number of rotatable bonds is 9. The van der Waals surface area contributed by atoms with Crippen LogP contribution in [0.2, 0.25) is 0 Å². The van der Waals surface area contributed by atoms with Crippen molar-refractivity contribution in [3.63, 3.8) is 0 Å². The number of hydrogen-bond acceptors (Lipinski definition) is 4. The molecule has 0 heterocycles. The number of hydrogen-bond donors (Lipinski definition) is 2. The second kappa shape index (κ2) is 10.7. The van der Waals surface area contributed by atoms with E-state index in [1.165, 1.54) is 0 Å². The normalized spacial score (nSPS) is 11.0. The summed E-state index contributed by atoms with van der Waals surface area (Å²) in [4.78, 5) is 24.1. The number of carbonyl (C=O) groups excluding carboxylic acids is 2. The van der Waals surface area contributed by atoms with E-state index in [2.05, 4.69) is 37.5 Å². The maximum Gasteiger partial charge on any atom is 0.258 e. The van der Waals surface area contributed by atoms with Gasteiger partial charge >= 0.3 is 0 Å². The molecule has 2 aromatic carbocycles. The van der Waals surface area contributed by atoms with Crippen LogP contribution in [0.5, 0.6) is 11.5 Å². The van der Waals surface area contributed by atoms with E-state index in [4.69, 9.17) is 9.47 Å². The lowest BCUT2D eigenvalue weighted by Gasteiger charge is -2.23. The van der Waals surface area contributed by atoms with Gasteiger partial charge in [0, 0.05) is 13.1 Å². The van der Waals surface area contributed by atoms with Crippen LogP contribution >= 0.6 is 0 Å². The van der Waals surface area contributed by atoms with Crippen LogP contribution in [0.15, 0.2) is 42.5 Å². The largest absolute Gasteiger partial charge is 0.497 e. The zero-order valence-corrected chi connectivity index (χ0v) is 18.5. The van der Waals surface area contributed by atoms with E-state index in [1.54, 1.807) is 7.11 Å². The van der Waals surface area contributed by atoms with Crippen LogP contribution in [-0.4, -0.2) is 38.6 Å². The highest BCUT2D eigenvalue weighted by Gasteiger charge is 2.19. The quantitative estimate of drug-likeness (QED) is 0.621. The Morgan fingerprint density at radius 2 is 1.57 bits per heavy atom. The summed E-state index contributed by atoms with van der Waals surface area (Å²) in [6.45, 7) is 9.02. The van der Waals surface area contributed by atoms with Crippen LogP contribution in [0, 0.1) is 6.92 Å². The third kappa shape index (κ3) is 7.43. The molecule has 2 N–H and O–H groups in total. The second-order valence-electron chi connectivity index (χ2n) is 8.26. The first kappa shape index (κ1) is 23.3. The van der Waals surface area contributed by atoms with Crippen molar-refractivity contribution in [2.75, 3.05) is 26.8 Å². The lowest BCUT2D eigenvalue weighted by Crippen LogP contribution is -2.37. The number of aryl methyl sites for hydroxylation is 1. The van der Waals surface area contributed by atoms with Gasteiger partial charge in [-0.05, 0) is 41.7 Å². The van der Waals surface area contributed by atoms with Crippen LogP contribution in [-0.2, 0) is 21.4 Å². The molecule has 0 aromatic heterocycles. The van der Waals surface area contributed by atoms with Gasteiger partial charge < -0.3 is 20.1 Å². The number of nitrogens with one attached hydrogen (secondary N) is 2. The molecule has 0 aliphatic rings. The maximum atomic E-state index is 12.1. The fourth-order valence-electron chi connectivity index (χ4n) is 2.95. The predicted molar refractivity (Wildman–Crippen MR) is 118 cm³/mol. The van der Waals surface area contributed by atoms with Crippen LogP contribution in [0.25, 0.3) is 0 Å². The van der Waals surface area contributed by atoms with Gasteiger partial charge in [0.15, 0.2) is 6.61 Å². The lowest BCUT2D eigenvalue weighted by molar-refractivity contribution is -0.124.